The highest BCUT2D eigenvalue weighted by molar-refractivity contribution is 5.81. The maximum Gasteiger partial charge on any atom is 0.0701 e. The minimum atomic E-state index is 1.06. The zero-order valence-corrected chi connectivity index (χ0v) is 39.0. The molecule has 4 heterocycles. The molecule has 0 saturated carbocycles. The number of benzene rings is 2. The quantitative estimate of drug-likeness (QED) is 0.155. The summed E-state index contributed by atoms with van der Waals surface area (Å²) < 4.78 is 0. The minimum Gasteiger partial charge on any atom is -0.264 e. The Hall–Kier alpha value is -4.44. The molecular weight excluding hydrogens is 681 g/mol. The van der Waals surface area contributed by atoms with Gasteiger partial charge in [-0.25, -0.2) is 0 Å². The van der Waals surface area contributed by atoms with Gasteiger partial charge in [0.2, 0.25) is 0 Å². The van der Waals surface area contributed by atoms with Gasteiger partial charge < -0.3 is 0 Å². The van der Waals surface area contributed by atoms with Crippen LogP contribution in [0.4, 0.5) is 0 Å². The summed E-state index contributed by atoms with van der Waals surface area (Å²) in [5.74, 6) is 0. The lowest BCUT2D eigenvalue weighted by molar-refractivity contribution is 0.668. The van der Waals surface area contributed by atoms with Crippen LogP contribution >= 0.6 is 0 Å². The van der Waals surface area contributed by atoms with Crippen LogP contribution in [0.1, 0.15) is 159 Å². The second-order valence-electron chi connectivity index (χ2n) is 10.1. The molecule has 0 spiro atoms. The van der Waals surface area contributed by atoms with Gasteiger partial charge in [0.05, 0.1) is 5.52 Å². The fourth-order valence-electron chi connectivity index (χ4n) is 5.13. The van der Waals surface area contributed by atoms with E-state index in [0.717, 1.165) is 5.52 Å². The predicted octanol–water partition coefficient (Wildman–Crippen LogP) is 16.6. The van der Waals surface area contributed by atoms with Crippen LogP contribution < -0.4 is 0 Å². The highest BCUT2D eigenvalue weighted by atomic mass is 14.7. The smallest absolute Gasteiger partial charge is 0.0701 e. The number of aryl methyl sites for hydroxylation is 4. The Kier molecular flexibility index (Phi) is 48.6. The van der Waals surface area contributed by atoms with Gasteiger partial charge in [-0.2, -0.15) is 0 Å². The molecule has 0 aliphatic heterocycles. The molecule has 0 saturated heterocycles. The average molecular weight is 765 g/mol. The van der Waals surface area contributed by atoms with Gasteiger partial charge >= 0.3 is 0 Å². The standard InChI is InChI=1S/C9H11N.C9H7N.C9H11N.C9H7N.8C2H6/c2*1-2-6-9-8(4-1)5-3-7-10-9;2*1-2-4-9-7-10-6-5-8(9)3-1;8*1-2/h3,5,7H,1-2,4,6H2;1-7H;5-7H,1-4H2;1-7H;8*1-2H3. The van der Waals surface area contributed by atoms with Crippen molar-refractivity contribution in [2.75, 3.05) is 0 Å². The number of para-hydroxylation sites is 1. The van der Waals surface area contributed by atoms with Crippen LogP contribution in [-0.4, -0.2) is 19.9 Å². The zero-order chi connectivity index (χ0) is 43.2. The highest BCUT2D eigenvalue weighted by Crippen LogP contribution is 2.19. The fraction of sp³-hybridized carbons (Fsp3) is 0.462. The molecule has 2 aliphatic carbocycles. The van der Waals surface area contributed by atoms with Crippen molar-refractivity contribution in [2.24, 2.45) is 0 Å². The Bertz CT molecular complexity index is 1330. The second kappa shape index (κ2) is 46.7. The molecule has 0 atom stereocenters. The number of fused-ring (bicyclic) bond motifs is 4. The maximum atomic E-state index is 4.32. The SMILES string of the molecule is CC.CC.CC.CC.CC.CC.CC.CC.c1cc2c(cn1)CCCC2.c1ccc2cnccc2c1.c1ccc2ncccc2c1.c1cnc2c(c1)CCCC2. The maximum absolute atomic E-state index is 4.32. The first-order chi connectivity index (χ1) is 27.9. The summed E-state index contributed by atoms with van der Waals surface area (Å²) in [6.45, 7) is 32.0. The summed E-state index contributed by atoms with van der Waals surface area (Å²) in [5.41, 5.74) is 6.84. The van der Waals surface area contributed by atoms with Crippen molar-refractivity contribution in [3.8, 4) is 0 Å². The predicted molar refractivity (Wildman–Crippen MR) is 256 cm³/mol. The molecule has 0 N–H and O–H groups in total. The third-order valence-corrected chi connectivity index (χ3v) is 7.30. The Morgan fingerprint density at radius 3 is 1.34 bits per heavy atom. The number of nitrogens with zero attached hydrogens (tertiary/aromatic N) is 4. The molecule has 0 fully saturated rings. The van der Waals surface area contributed by atoms with Crippen LogP contribution in [0.2, 0.25) is 0 Å². The van der Waals surface area contributed by atoms with E-state index >= 15 is 0 Å². The Labute approximate surface area is 347 Å². The molecule has 4 heteroatoms. The van der Waals surface area contributed by atoms with Crippen LogP contribution in [0.15, 0.2) is 122 Å². The van der Waals surface area contributed by atoms with Crippen LogP contribution in [0.3, 0.4) is 0 Å². The Morgan fingerprint density at radius 2 is 0.768 bits per heavy atom. The molecule has 8 rings (SSSR count). The normalized spacial score (nSPS) is 10.3. The van der Waals surface area contributed by atoms with Crippen LogP contribution in [0.5, 0.6) is 0 Å². The Morgan fingerprint density at radius 1 is 0.321 bits per heavy atom. The molecular formula is C52H84N4. The summed E-state index contributed by atoms with van der Waals surface area (Å²) in [6, 6.07) is 28.7. The van der Waals surface area contributed by atoms with E-state index in [0.29, 0.717) is 0 Å². The third-order valence-electron chi connectivity index (χ3n) is 7.30. The molecule has 0 unspecified atom stereocenters. The molecule has 56 heavy (non-hydrogen) atoms. The summed E-state index contributed by atoms with van der Waals surface area (Å²) in [7, 11) is 0. The van der Waals surface area contributed by atoms with E-state index in [4.69, 9.17) is 0 Å². The van der Waals surface area contributed by atoms with Gasteiger partial charge in [0, 0.05) is 48.3 Å². The monoisotopic (exact) mass is 765 g/mol. The van der Waals surface area contributed by atoms with Gasteiger partial charge in [0.25, 0.3) is 0 Å². The van der Waals surface area contributed by atoms with Crippen molar-refractivity contribution in [3.63, 3.8) is 0 Å². The van der Waals surface area contributed by atoms with E-state index < -0.39 is 0 Å². The third kappa shape index (κ3) is 25.6. The molecule has 4 nitrogen and oxygen atoms in total. The minimum absolute atomic E-state index is 1.06. The van der Waals surface area contributed by atoms with E-state index in [9.17, 15) is 0 Å². The van der Waals surface area contributed by atoms with Crippen molar-refractivity contribution >= 4 is 21.7 Å². The van der Waals surface area contributed by atoms with E-state index in [1.807, 2.05) is 196 Å². The topological polar surface area (TPSA) is 51.6 Å². The van der Waals surface area contributed by atoms with Crippen LogP contribution in [0.25, 0.3) is 21.7 Å². The summed E-state index contributed by atoms with van der Waals surface area (Å²) >= 11 is 0. The van der Waals surface area contributed by atoms with Crippen molar-refractivity contribution in [3.05, 3.63) is 144 Å². The lowest BCUT2D eigenvalue weighted by atomic mass is 9.94. The van der Waals surface area contributed by atoms with E-state index in [2.05, 4.69) is 56.3 Å². The summed E-state index contributed by atoms with van der Waals surface area (Å²) in [4.78, 5) is 16.6. The lowest BCUT2D eigenvalue weighted by Gasteiger charge is -2.13. The van der Waals surface area contributed by atoms with Crippen molar-refractivity contribution in [2.45, 2.75) is 162 Å². The fourth-order valence-corrected chi connectivity index (χ4v) is 5.13. The summed E-state index contributed by atoms with van der Waals surface area (Å²) in [6.07, 6.45) is 21.6. The van der Waals surface area contributed by atoms with E-state index in [1.54, 1.807) is 0 Å². The molecule has 6 aromatic rings. The van der Waals surface area contributed by atoms with Crippen LogP contribution in [-0.2, 0) is 25.7 Å². The molecule has 2 aromatic carbocycles. The first-order valence-corrected chi connectivity index (χ1v) is 22.3. The number of pyridine rings is 4. The number of hydrogen-bond acceptors (Lipinski definition) is 4. The number of aromatic nitrogens is 4. The molecule has 2 aliphatic rings. The number of rotatable bonds is 0. The van der Waals surface area contributed by atoms with Crippen LogP contribution in [0, 0.1) is 0 Å². The zero-order valence-electron chi connectivity index (χ0n) is 39.0. The molecule has 0 bridgehead atoms. The average Bonchev–Trinajstić information content (AvgIpc) is 3.35. The van der Waals surface area contributed by atoms with Crippen molar-refractivity contribution < 1.29 is 0 Å². The van der Waals surface area contributed by atoms with Crippen molar-refractivity contribution in [1.29, 1.82) is 0 Å². The second-order valence-corrected chi connectivity index (χ2v) is 10.1. The van der Waals surface area contributed by atoms with E-state index in [1.165, 1.54) is 89.9 Å². The number of hydrogen-bond donors (Lipinski definition) is 0. The molecule has 0 amide bonds. The molecule has 0 radical (unpaired) electrons. The van der Waals surface area contributed by atoms with E-state index in [-0.39, 0.29) is 0 Å². The first-order valence-electron chi connectivity index (χ1n) is 22.3. The first kappa shape index (κ1) is 58.3. The van der Waals surface area contributed by atoms with Gasteiger partial charge in [-0.15, -0.1) is 0 Å². The largest absolute Gasteiger partial charge is 0.264 e. The van der Waals surface area contributed by atoms with Gasteiger partial charge in [0.1, 0.15) is 0 Å². The lowest BCUT2D eigenvalue weighted by Crippen LogP contribution is -2.03. The van der Waals surface area contributed by atoms with Gasteiger partial charge in [0.15, 0.2) is 0 Å². The molecule has 4 aromatic heterocycles. The van der Waals surface area contributed by atoms with Gasteiger partial charge in [-0.05, 0) is 109 Å². The highest BCUT2D eigenvalue weighted by Gasteiger charge is 2.08. The Balaban J connectivity index is -0.000000287. The molecule has 312 valence electrons. The summed E-state index contributed by atoms with van der Waals surface area (Å²) in [5, 5.41) is 3.65. The van der Waals surface area contributed by atoms with Gasteiger partial charge in [-0.1, -0.05) is 165 Å². The van der Waals surface area contributed by atoms with Crippen molar-refractivity contribution in [1.82, 2.24) is 19.9 Å². The van der Waals surface area contributed by atoms with Gasteiger partial charge in [-0.3, -0.25) is 19.9 Å².